The molecule has 1 heterocycles. The topological polar surface area (TPSA) is 71.4 Å². The lowest BCUT2D eigenvalue weighted by Crippen LogP contribution is -2.30. The van der Waals surface area contributed by atoms with Crippen LogP contribution >= 0.6 is 15.9 Å². The van der Waals surface area contributed by atoms with Gasteiger partial charge in [0, 0.05) is 33.3 Å². The summed E-state index contributed by atoms with van der Waals surface area (Å²) in [7, 11) is 5.60. The third-order valence-corrected chi connectivity index (χ3v) is 3.61. The Balaban J connectivity index is 2.49. The summed E-state index contributed by atoms with van der Waals surface area (Å²) in [6.45, 7) is 4.35. The van der Waals surface area contributed by atoms with Crippen LogP contribution in [0.5, 0.6) is 0 Å². The maximum absolute atomic E-state index is 12.1. The summed E-state index contributed by atoms with van der Waals surface area (Å²) < 4.78 is 6.93. The van der Waals surface area contributed by atoms with E-state index in [-0.39, 0.29) is 5.56 Å². The Morgan fingerprint density at radius 2 is 2.14 bits per heavy atom. The molecule has 21 heavy (non-hydrogen) atoms. The Kier molecular flexibility index (Phi) is 8.51. The fourth-order valence-corrected chi connectivity index (χ4v) is 2.07. The number of halogens is 1. The van der Waals surface area contributed by atoms with Crippen molar-refractivity contribution in [1.82, 2.24) is 20.0 Å². The minimum absolute atomic E-state index is 0.116. The summed E-state index contributed by atoms with van der Waals surface area (Å²) in [6, 6.07) is 0. The van der Waals surface area contributed by atoms with Crippen LogP contribution in [0, 0.1) is 0 Å². The molecule has 1 aromatic rings. The highest BCUT2D eigenvalue weighted by Crippen LogP contribution is 2.15. The SMILES string of the molecule is COCCNCCNc1cnn(CCN(C)C)c(=O)c1Br. The van der Waals surface area contributed by atoms with Crippen LogP contribution in [0.1, 0.15) is 0 Å². The second kappa shape index (κ2) is 9.88. The normalized spacial score (nSPS) is 11.1. The van der Waals surface area contributed by atoms with E-state index in [0.717, 1.165) is 25.3 Å². The molecule has 0 radical (unpaired) electrons. The third kappa shape index (κ3) is 6.56. The monoisotopic (exact) mass is 361 g/mol. The molecule has 0 aliphatic heterocycles. The number of hydrogen-bond acceptors (Lipinski definition) is 6. The number of likely N-dealkylation sites (N-methyl/N-ethyl adjacent to an activating group) is 1. The molecule has 2 N–H and O–H groups in total. The number of ether oxygens (including phenoxy) is 1. The van der Waals surface area contributed by atoms with Crippen molar-refractivity contribution in [3.8, 4) is 0 Å². The highest BCUT2D eigenvalue weighted by molar-refractivity contribution is 9.10. The van der Waals surface area contributed by atoms with Gasteiger partial charge in [0.2, 0.25) is 0 Å². The minimum atomic E-state index is -0.116. The fourth-order valence-electron chi connectivity index (χ4n) is 1.63. The summed E-state index contributed by atoms with van der Waals surface area (Å²) in [6.07, 6.45) is 1.68. The van der Waals surface area contributed by atoms with Gasteiger partial charge in [0.05, 0.1) is 25.0 Å². The van der Waals surface area contributed by atoms with Gasteiger partial charge >= 0.3 is 0 Å². The molecular formula is C13H24BrN5O2. The predicted molar refractivity (Wildman–Crippen MR) is 88.0 cm³/mol. The molecule has 0 spiro atoms. The summed E-state index contributed by atoms with van der Waals surface area (Å²) >= 11 is 3.34. The van der Waals surface area contributed by atoms with Gasteiger partial charge in [0.15, 0.2) is 0 Å². The van der Waals surface area contributed by atoms with Crippen LogP contribution < -0.4 is 16.2 Å². The molecule has 0 fully saturated rings. The van der Waals surface area contributed by atoms with Crippen LogP contribution in [0.4, 0.5) is 5.69 Å². The first-order chi connectivity index (χ1) is 10.1. The summed E-state index contributed by atoms with van der Waals surface area (Å²) in [5, 5.41) is 10.6. The minimum Gasteiger partial charge on any atom is -0.383 e. The summed E-state index contributed by atoms with van der Waals surface area (Å²) in [4.78, 5) is 14.2. The Labute approximate surface area is 133 Å². The molecule has 1 rings (SSSR count). The van der Waals surface area contributed by atoms with Crippen molar-refractivity contribution in [2.24, 2.45) is 0 Å². The molecule has 120 valence electrons. The number of nitrogens with one attached hydrogen (secondary N) is 2. The Hall–Kier alpha value is -0.960. The van der Waals surface area contributed by atoms with E-state index >= 15 is 0 Å². The lowest BCUT2D eigenvalue weighted by molar-refractivity contribution is 0.200. The van der Waals surface area contributed by atoms with E-state index in [1.165, 1.54) is 4.68 Å². The van der Waals surface area contributed by atoms with Crippen molar-refractivity contribution in [1.29, 1.82) is 0 Å². The summed E-state index contributed by atoms with van der Waals surface area (Å²) in [5.74, 6) is 0. The van der Waals surface area contributed by atoms with Crippen LogP contribution in [-0.2, 0) is 11.3 Å². The average molecular weight is 362 g/mol. The zero-order valence-electron chi connectivity index (χ0n) is 12.9. The van der Waals surface area contributed by atoms with Crippen molar-refractivity contribution < 1.29 is 4.74 Å². The molecule has 1 aromatic heterocycles. The van der Waals surface area contributed by atoms with Gasteiger partial charge in [-0.05, 0) is 30.0 Å². The third-order valence-electron chi connectivity index (χ3n) is 2.84. The van der Waals surface area contributed by atoms with E-state index in [0.29, 0.717) is 24.2 Å². The van der Waals surface area contributed by atoms with Crippen LogP contribution in [0.25, 0.3) is 0 Å². The zero-order valence-corrected chi connectivity index (χ0v) is 14.4. The van der Waals surface area contributed by atoms with Gasteiger partial charge in [-0.15, -0.1) is 0 Å². The fraction of sp³-hybridized carbons (Fsp3) is 0.692. The van der Waals surface area contributed by atoms with Crippen molar-refractivity contribution >= 4 is 21.6 Å². The van der Waals surface area contributed by atoms with Crippen LogP contribution in [-0.4, -0.2) is 68.7 Å². The van der Waals surface area contributed by atoms with Gasteiger partial charge in [-0.2, -0.15) is 5.10 Å². The van der Waals surface area contributed by atoms with Crippen molar-refractivity contribution in [2.45, 2.75) is 6.54 Å². The number of methoxy groups -OCH3 is 1. The van der Waals surface area contributed by atoms with Gasteiger partial charge in [0.1, 0.15) is 4.47 Å². The van der Waals surface area contributed by atoms with E-state index in [2.05, 4.69) is 31.7 Å². The molecule has 0 aromatic carbocycles. The Morgan fingerprint density at radius 1 is 1.38 bits per heavy atom. The van der Waals surface area contributed by atoms with E-state index in [1.807, 2.05) is 19.0 Å². The maximum atomic E-state index is 12.1. The molecule has 8 heteroatoms. The van der Waals surface area contributed by atoms with E-state index in [1.54, 1.807) is 13.3 Å². The van der Waals surface area contributed by atoms with E-state index < -0.39 is 0 Å². The Bertz CT molecular complexity index is 478. The van der Waals surface area contributed by atoms with Gasteiger partial charge < -0.3 is 20.3 Å². The average Bonchev–Trinajstić information content (AvgIpc) is 2.45. The molecule has 7 nitrogen and oxygen atoms in total. The maximum Gasteiger partial charge on any atom is 0.283 e. The van der Waals surface area contributed by atoms with Gasteiger partial charge in [-0.3, -0.25) is 4.79 Å². The van der Waals surface area contributed by atoms with Gasteiger partial charge in [0.25, 0.3) is 5.56 Å². The molecule has 0 aliphatic carbocycles. The molecule has 0 unspecified atom stereocenters. The number of hydrogen-bond donors (Lipinski definition) is 2. The largest absolute Gasteiger partial charge is 0.383 e. The van der Waals surface area contributed by atoms with E-state index in [9.17, 15) is 4.79 Å². The number of aromatic nitrogens is 2. The van der Waals surface area contributed by atoms with Crippen LogP contribution in [0.2, 0.25) is 0 Å². The van der Waals surface area contributed by atoms with Crippen LogP contribution in [0.15, 0.2) is 15.5 Å². The first-order valence-electron chi connectivity index (χ1n) is 6.90. The standard InChI is InChI=1S/C13H24BrN5O2/c1-18(2)7-8-19-13(20)12(14)11(10-17-19)16-5-4-15-6-9-21-3/h10,15-16H,4-9H2,1-3H3. The van der Waals surface area contributed by atoms with Crippen molar-refractivity contribution in [3.63, 3.8) is 0 Å². The van der Waals surface area contributed by atoms with Crippen molar-refractivity contribution in [3.05, 3.63) is 21.0 Å². The van der Waals surface area contributed by atoms with E-state index in [4.69, 9.17) is 4.74 Å². The molecule has 0 bridgehead atoms. The Morgan fingerprint density at radius 3 is 2.81 bits per heavy atom. The zero-order chi connectivity index (χ0) is 15.7. The lowest BCUT2D eigenvalue weighted by atomic mass is 10.4. The quantitative estimate of drug-likeness (QED) is 0.580. The number of anilines is 1. The van der Waals surface area contributed by atoms with Crippen molar-refractivity contribution in [2.75, 3.05) is 59.3 Å². The molecular weight excluding hydrogens is 338 g/mol. The first kappa shape index (κ1) is 18.1. The second-order valence-electron chi connectivity index (χ2n) is 4.87. The number of nitrogens with zero attached hydrogens (tertiary/aromatic N) is 3. The predicted octanol–water partition coefficient (Wildman–Crippen LogP) is 0.215. The highest BCUT2D eigenvalue weighted by atomic mass is 79.9. The summed E-state index contributed by atoms with van der Waals surface area (Å²) in [5.41, 5.74) is 0.601. The van der Waals surface area contributed by atoms with Gasteiger partial charge in [-0.25, -0.2) is 4.68 Å². The second-order valence-corrected chi connectivity index (χ2v) is 5.67. The first-order valence-corrected chi connectivity index (χ1v) is 7.69. The molecule has 0 aliphatic rings. The van der Waals surface area contributed by atoms with Crippen LogP contribution in [0.3, 0.4) is 0 Å². The highest BCUT2D eigenvalue weighted by Gasteiger charge is 2.08. The smallest absolute Gasteiger partial charge is 0.283 e. The van der Waals surface area contributed by atoms with Gasteiger partial charge in [-0.1, -0.05) is 0 Å². The molecule has 0 atom stereocenters. The molecule has 0 saturated heterocycles. The lowest BCUT2D eigenvalue weighted by Gasteiger charge is -2.13. The molecule has 0 saturated carbocycles. The number of rotatable bonds is 10. The molecule has 0 amide bonds.